The first-order chi connectivity index (χ1) is 14.2. The Bertz CT molecular complexity index is 1280. The first-order valence-corrected chi connectivity index (χ1v) is 11.4. The normalized spacial score (nSPS) is 16.2. The molecule has 0 unspecified atom stereocenters. The highest BCUT2D eigenvalue weighted by molar-refractivity contribution is 7.89. The van der Waals surface area contributed by atoms with Gasteiger partial charge in [0.25, 0.3) is 0 Å². The van der Waals surface area contributed by atoms with Gasteiger partial charge >= 0.3 is 5.69 Å². The van der Waals surface area contributed by atoms with Gasteiger partial charge in [0.2, 0.25) is 10.0 Å². The van der Waals surface area contributed by atoms with Crippen LogP contribution in [0, 0.1) is 12.8 Å². The fourth-order valence-electron chi connectivity index (χ4n) is 4.11. The minimum Gasteiger partial charge on any atom is -0.295 e. The topological polar surface area (TPSA) is 81.4 Å². The highest BCUT2D eigenvalue weighted by atomic mass is 32.2. The minimum absolute atomic E-state index is 0.0766. The number of nitrogens with zero attached hydrogens (tertiary/aromatic N) is 3. The fourth-order valence-corrected chi connectivity index (χ4v) is 5.60. The van der Waals surface area contributed by atoms with Crippen molar-refractivity contribution in [2.45, 2.75) is 24.7 Å². The van der Waals surface area contributed by atoms with Crippen LogP contribution in [0.3, 0.4) is 0 Å². The number of ketones is 1. The van der Waals surface area contributed by atoms with Crippen molar-refractivity contribution in [2.24, 2.45) is 20.0 Å². The average Bonchev–Trinajstić information content (AvgIpc) is 2.97. The van der Waals surface area contributed by atoms with E-state index in [9.17, 15) is 18.0 Å². The van der Waals surface area contributed by atoms with Crippen LogP contribution in [0.4, 0.5) is 0 Å². The third-order valence-electron chi connectivity index (χ3n) is 6.04. The van der Waals surface area contributed by atoms with Gasteiger partial charge in [-0.1, -0.05) is 29.8 Å². The number of fused-ring (bicyclic) bond motifs is 1. The summed E-state index contributed by atoms with van der Waals surface area (Å²) in [5.74, 6) is -0.0932. The smallest absolute Gasteiger partial charge is 0.295 e. The number of imidazole rings is 1. The Morgan fingerprint density at radius 2 is 1.53 bits per heavy atom. The largest absolute Gasteiger partial charge is 0.328 e. The van der Waals surface area contributed by atoms with Crippen molar-refractivity contribution in [2.75, 3.05) is 13.1 Å². The number of hydrogen-bond donors (Lipinski definition) is 0. The summed E-state index contributed by atoms with van der Waals surface area (Å²) >= 11 is 0. The molecular formula is C22H25N3O4S. The predicted molar refractivity (Wildman–Crippen MR) is 115 cm³/mol. The van der Waals surface area contributed by atoms with Crippen molar-refractivity contribution in [3.8, 4) is 0 Å². The summed E-state index contributed by atoms with van der Waals surface area (Å²) in [5, 5.41) is 0. The monoisotopic (exact) mass is 427 g/mol. The van der Waals surface area contributed by atoms with E-state index in [-0.39, 0.29) is 22.3 Å². The molecule has 8 heteroatoms. The molecule has 0 aliphatic carbocycles. The lowest BCUT2D eigenvalue weighted by Gasteiger charge is -2.30. The maximum atomic E-state index is 13.2. The van der Waals surface area contributed by atoms with E-state index < -0.39 is 10.0 Å². The molecule has 1 fully saturated rings. The summed E-state index contributed by atoms with van der Waals surface area (Å²) in [7, 11) is -0.406. The van der Waals surface area contributed by atoms with Gasteiger partial charge in [0.15, 0.2) is 5.78 Å². The van der Waals surface area contributed by atoms with Crippen LogP contribution in [0.2, 0.25) is 0 Å². The Hall–Kier alpha value is -2.71. The van der Waals surface area contributed by atoms with Gasteiger partial charge in [-0.25, -0.2) is 13.2 Å². The van der Waals surface area contributed by atoms with Gasteiger partial charge in [0.1, 0.15) is 0 Å². The highest BCUT2D eigenvalue weighted by Crippen LogP contribution is 2.27. The Morgan fingerprint density at radius 3 is 2.17 bits per heavy atom. The van der Waals surface area contributed by atoms with E-state index in [0.717, 1.165) is 5.56 Å². The Labute approximate surface area is 175 Å². The summed E-state index contributed by atoms with van der Waals surface area (Å²) in [4.78, 5) is 25.0. The number of aryl methyl sites for hydroxylation is 3. The van der Waals surface area contributed by atoms with Gasteiger partial charge in [-0.3, -0.25) is 13.9 Å². The molecular weight excluding hydrogens is 402 g/mol. The zero-order chi connectivity index (χ0) is 21.6. The van der Waals surface area contributed by atoms with Crippen molar-refractivity contribution in [3.05, 3.63) is 64.1 Å². The summed E-state index contributed by atoms with van der Waals surface area (Å²) in [6, 6.07) is 12.3. The lowest BCUT2D eigenvalue weighted by atomic mass is 9.89. The number of sulfonamides is 1. The summed E-state index contributed by atoms with van der Waals surface area (Å²) in [6.45, 7) is 2.58. The average molecular weight is 428 g/mol. The van der Waals surface area contributed by atoms with Crippen molar-refractivity contribution >= 4 is 26.8 Å². The maximum Gasteiger partial charge on any atom is 0.328 e. The van der Waals surface area contributed by atoms with Crippen molar-refractivity contribution in [1.29, 1.82) is 0 Å². The molecule has 4 rings (SSSR count). The predicted octanol–water partition coefficient (Wildman–Crippen LogP) is 2.47. The van der Waals surface area contributed by atoms with Crippen LogP contribution in [0.5, 0.6) is 0 Å². The maximum absolute atomic E-state index is 13.2. The van der Waals surface area contributed by atoms with Gasteiger partial charge in [0.05, 0.1) is 15.9 Å². The summed E-state index contributed by atoms with van der Waals surface area (Å²) in [6.07, 6.45) is 0.996. The number of carbonyl (C=O) groups is 1. The number of piperidine rings is 1. The molecule has 2 aromatic carbocycles. The van der Waals surface area contributed by atoms with Gasteiger partial charge in [-0.15, -0.1) is 0 Å². The van der Waals surface area contributed by atoms with Crippen LogP contribution in [-0.2, 0) is 24.1 Å². The van der Waals surface area contributed by atoms with Gasteiger partial charge in [0, 0.05) is 38.7 Å². The number of benzene rings is 2. The van der Waals surface area contributed by atoms with Crippen molar-refractivity contribution in [3.63, 3.8) is 0 Å². The minimum atomic E-state index is -3.70. The van der Waals surface area contributed by atoms with Gasteiger partial charge in [-0.2, -0.15) is 4.31 Å². The molecule has 7 nitrogen and oxygen atoms in total. The van der Waals surface area contributed by atoms with Crippen LogP contribution in [0.25, 0.3) is 11.0 Å². The fraction of sp³-hybridized carbons (Fsp3) is 0.364. The molecule has 1 aliphatic rings. The Balaban J connectivity index is 1.53. The van der Waals surface area contributed by atoms with E-state index >= 15 is 0 Å². The number of aromatic nitrogens is 2. The second kappa shape index (κ2) is 7.52. The van der Waals surface area contributed by atoms with Crippen molar-refractivity contribution in [1.82, 2.24) is 13.4 Å². The van der Waals surface area contributed by atoms with Crippen LogP contribution < -0.4 is 5.69 Å². The molecule has 0 bridgehead atoms. The molecule has 30 heavy (non-hydrogen) atoms. The SMILES string of the molecule is Cc1ccc(C(=O)C2CCN(S(=O)(=O)c3ccc4c(c3)n(C)c(=O)n4C)CC2)cc1. The summed E-state index contributed by atoms with van der Waals surface area (Å²) < 4.78 is 30.7. The standard InChI is InChI=1S/C22H25N3O4S/c1-15-4-6-16(7-5-15)21(26)17-10-12-25(13-11-17)30(28,29)18-8-9-19-20(14-18)24(3)22(27)23(19)2/h4-9,14,17H,10-13H2,1-3H3. The molecule has 1 aliphatic heterocycles. The van der Waals surface area contributed by atoms with Crippen LogP contribution in [0.15, 0.2) is 52.2 Å². The lowest BCUT2D eigenvalue weighted by Crippen LogP contribution is -2.40. The number of rotatable bonds is 4. The number of hydrogen-bond acceptors (Lipinski definition) is 4. The third-order valence-corrected chi connectivity index (χ3v) is 7.94. The molecule has 0 radical (unpaired) electrons. The van der Waals surface area contributed by atoms with Gasteiger partial charge in [-0.05, 0) is 38.0 Å². The molecule has 0 N–H and O–H groups in total. The van der Waals surface area contributed by atoms with E-state index in [0.29, 0.717) is 42.5 Å². The molecule has 1 saturated heterocycles. The molecule has 0 saturated carbocycles. The third kappa shape index (κ3) is 3.40. The zero-order valence-corrected chi connectivity index (χ0v) is 18.1. The number of carbonyl (C=O) groups excluding carboxylic acids is 1. The quantitative estimate of drug-likeness (QED) is 0.599. The molecule has 1 aromatic heterocycles. The van der Waals surface area contributed by atoms with Crippen LogP contribution in [-0.4, -0.2) is 40.7 Å². The van der Waals surface area contributed by atoms with Crippen LogP contribution >= 0.6 is 0 Å². The highest BCUT2D eigenvalue weighted by Gasteiger charge is 2.32. The molecule has 0 atom stereocenters. The van der Waals surface area contributed by atoms with Gasteiger partial charge < -0.3 is 0 Å². The molecule has 0 spiro atoms. The Morgan fingerprint density at radius 1 is 0.933 bits per heavy atom. The lowest BCUT2D eigenvalue weighted by molar-refractivity contribution is 0.0875. The molecule has 0 amide bonds. The second-order valence-electron chi connectivity index (χ2n) is 7.96. The second-order valence-corrected chi connectivity index (χ2v) is 9.90. The van der Waals surface area contributed by atoms with E-state index in [4.69, 9.17) is 0 Å². The van der Waals surface area contributed by atoms with Crippen LogP contribution in [0.1, 0.15) is 28.8 Å². The van der Waals surface area contributed by atoms with E-state index in [1.165, 1.54) is 13.4 Å². The van der Waals surface area contributed by atoms with E-state index in [1.807, 2.05) is 31.2 Å². The molecule has 3 aromatic rings. The first kappa shape index (κ1) is 20.6. The molecule has 2 heterocycles. The number of Topliss-reactive ketones (excluding diaryl/α,β-unsaturated/α-hetero) is 1. The Kier molecular flexibility index (Phi) is 5.15. The van der Waals surface area contributed by atoms with E-state index in [1.54, 1.807) is 32.3 Å². The van der Waals surface area contributed by atoms with Crippen molar-refractivity contribution < 1.29 is 13.2 Å². The molecule has 158 valence electrons. The zero-order valence-electron chi connectivity index (χ0n) is 17.3. The van der Waals surface area contributed by atoms with E-state index in [2.05, 4.69) is 0 Å². The summed E-state index contributed by atoms with van der Waals surface area (Å²) in [5.41, 5.74) is 2.84. The first-order valence-electron chi connectivity index (χ1n) is 9.96.